The van der Waals surface area contributed by atoms with Gasteiger partial charge in [0, 0.05) is 17.8 Å². The first-order chi connectivity index (χ1) is 16.8. The van der Waals surface area contributed by atoms with E-state index in [1.807, 2.05) is 0 Å². The molecule has 35 heavy (non-hydrogen) atoms. The van der Waals surface area contributed by atoms with Crippen LogP contribution in [0, 0.1) is 17.6 Å². The number of β-amino-alcohol motifs (C(OH)–C–C–N with tert-alkyl or cyclic N) is 1. The number of nitrogens with one attached hydrogen (secondary N) is 1. The monoisotopic (exact) mass is 481 g/mol. The summed E-state index contributed by atoms with van der Waals surface area (Å²) in [5.74, 6) is -2.63. The van der Waals surface area contributed by atoms with E-state index in [2.05, 4.69) is 15.3 Å². The number of aliphatic hydroxyl groups is 1. The molecule has 3 fully saturated rings. The molecule has 3 aromatic rings. The summed E-state index contributed by atoms with van der Waals surface area (Å²) in [6.45, 7) is 0.0223. The number of carbonyl (C=O) groups is 2. The zero-order valence-electron chi connectivity index (χ0n) is 18.5. The van der Waals surface area contributed by atoms with Crippen molar-refractivity contribution in [3.8, 4) is 5.82 Å². The summed E-state index contributed by atoms with van der Waals surface area (Å²) >= 11 is 0. The Labute approximate surface area is 197 Å². The molecule has 180 valence electrons. The standard InChI is InChI=1S/C24H21F2N5O4/c25-13-7-17(26)22(27-9-13)31-11-16(23(35)29-24-5-3-12(24)4-6-24)20(34)15-1-2-18(28-21(15)31)30-10-14(32)8-19(30)33/h1-2,7,9,11-12,14,32H,3-6,8,10H2,(H,29,35)/t12?,14-,24?/m0/s1. The van der Waals surface area contributed by atoms with Gasteiger partial charge in [-0.05, 0) is 43.7 Å². The zero-order valence-corrected chi connectivity index (χ0v) is 18.5. The molecule has 0 aromatic carbocycles. The van der Waals surface area contributed by atoms with Crippen molar-refractivity contribution < 1.29 is 23.5 Å². The molecule has 9 nitrogen and oxygen atoms in total. The number of carbonyl (C=O) groups excluding carboxylic acids is 2. The quantitative estimate of drug-likeness (QED) is 0.587. The molecule has 0 spiro atoms. The first-order valence-electron chi connectivity index (χ1n) is 11.4. The first kappa shape index (κ1) is 21.8. The van der Waals surface area contributed by atoms with Gasteiger partial charge in [0.05, 0.1) is 30.7 Å². The Morgan fingerprint density at radius 2 is 1.97 bits per heavy atom. The van der Waals surface area contributed by atoms with Crippen LogP contribution in [-0.2, 0) is 4.79 Å². The van der Waals surface area contributed by atoms with Crippen LogP contribution in [0.15, 0.2) is 35.4 Å². The maximum absolute atomic E-state index is 14.8. The predicted molar refractivity (Wildman–Crippen MR) is 120 cm³/mol. The minimum absolute atomic E-state index is 0.00962. The van der Waals surface area contributed by atoms with Gasteiger partial charge in [-0.2, -0.15) is 0 Å². The summed E-state index contributed by atoms with van der Waals surface area (Å²) < 4.78 is 29.5. The number of aliphatic hydroxyl groups excluding tert-OH is 1. The van der Waals surface area contributed by atoms with Gasteiger partial charge in [-0.1, -0.05) is 0 Å². The van der Waals surface area contributed by atoms with E-state index in [0.29, 0.717) is 12.0 Å². The second-order valence-corrected chi connectivity index (χ2v) is 9.49. The highest BCUT2D eigenvalue weighted by atomic mass is 19.1. The number of pyridine rings is 3. The molecule has 11 heteroatoms. The van der Waals surface area contributed by atoms with Crippen molar-refractivity contribution in [2.45, 2.75) is 43.7 Å². The minimum Gasteiger partial charge on any atom is -0.391 e. The summed E-state index contributed by atoms with van der Waals surface area (Å²) in [7, 11) is 0. The largest absolute Gasteiger partial charge is 0.391 e. The molecular weight excluding hydrogens is 460 g/mol. The highest BCUT2D eigenvalue weighted by molar-refractivity contribution is 5.99. The van der Waals surface area contributed by atoms with Crippen molar-refractivity contribution in [2.24, 2.45) is 5.92 Å². The number of fused-ring (bicyclic) bond motifs is 2. The molecule has 6 rings (SSSR count). The van der Waals surface area contributed by atoms with Crippen LogP contribution in [0.4, 0.5) is 14.6 Å². The van der Waals surface area contributed by atoms with Gasteiger partial charge >= 0.3 is 0 Å². The Kier molecular flexibility index (Phi) is 4.75. The van der Waals surface area contributed by atoms with Crippen LogP contribution in [0.5, 0.6) is 0 Å². The van der Waals surface area contributed by atoms with E-state index in [0.717, 1.165) is 42.6 Å². The highest BCUT2D eigenvalue weighted by Gasteiger charge is 2.54. The number of aromatic nitrogens is 3. The molecule has 0 bridgehead atoms. The molecule has 1 aliphatic heterocycles. The van der Waals surface area contributed by atoms with Crippen molar-refractivity contribution in [3.63, 3.8) is 0 Å². The number of hydrogen-bond acceptors (Lipinski definition) is 6. The van der Waals surface area contributed by atoms with Gasteiger partial charge in [-0.15, -0.1) is 0 Å². The van der Waals surface area contributed by atoms with Crippen LogP contribution in [-0.4, -0.2) is 49.6 Å². The minimum atomic E-state index is -1.02. The van der Waals surface area contributed by atoms with Crippen molar-refractivity contribution in [2.75, 3.05) is 11.4 Å². The van der Waals surface area contributed by atoms with E-state index >= 15 is 0 Å². The number of amides is 2. The maximum Gasteiger partial charge on any atom is 0.257 e. The van der Waals surface area contributed by atoms with Gasteiger partial charge in [0.25, 0.3) is 5.91 Å². The second kappa shape index (κ2) is 7.64. The maximum atomic E-state index is 14.8. The second-order valence-electron chi connectivity index (χ2n) is 9.49. The number of hydrogen-bond donors (Lipinski definition) is 2. The zero-order chi connectivity index (χ0) is 24.5. The number of halogens is 2. The summed E-state index contributed by atoms with van der Waals surface area (Å²) in [5.41, 5.74) is -1.16. The Morgan fingerprint density at radius 3 is 2.57 bits per heavy atom. The van der Waals surface area contributed by atoms with E-state index in [1.165, 1.54) is 17.0 Å². The van der Waals surface area contributed by atoms with Crippen LogP contribution in [0.2, 0.25) is 0 Å². The van der Waals surface area contributed by atoms with E-state index in [9.17, 15) is 28.3 Å². The van der Waals surface area contributed by atoms with Crippen molar-refractivity contribution >= 4 is 28.7 Å². The molecule has 2 amide bonds. The SMILES string of the molecule is O=C(NC12CCC1CC2)c1cn(-c2ncc(F)cc2F)c2nc(N3C[C@@H](O)CC3=O)ccc2c1=O. The van der Waals surface area contributed by atoms with E-state index in [4.69, 9.17) is 0 Å². The van der Waals surface area contributed by atoms with Crippen LogP contribution in [0.3, 0.4) is 0 Å². The molecule has 4 heterocycles. The lowest BCUT2D eigenvalue weighted by atomic mass is 9.53. The van der Waals surface area contributed by atoms with Gasteiger partial charge in [0.15, 0.2) is 17.3 Å². The van der Waals surface area contributed by atoms with Gasteiger partial charge in [0.2, 0.25) is 11.3 Å². The molecule has 3 aromatic heterocycles. The van der Waals surface area contributed by atoms with Gasteiger partial charge in [-0.3, -0.25) is 23.9 Å². The summed E-state index contributed by atoms with van der Waals surface area (Å²) in [6, 6.07) is 3.48. The third-order valence-electron chi connectivity index (χ3n) is 7.50. The molecule has 2 aliphatic carbocycles. The molecule has 0 radical (unpaired) electrons. The smallest absolute Gasteiger partial charge is 0.257 e. The highest BCUT2D eigenvalue weighted by Crippen LogP contribution is 2.53. The van der Waals surface area contributed by atoms with Gasteiger partial charge in [0.1, 0.15) is 17.2 Å². The van der Waals surface area contributed by atoms with Crippen molar-refractivity contribution in [3.05, 3.63) is 58.0 Å². The Hall–Kier alpha value is -3.73. The fourth-order valence-corrected chi connectivity index (χ4v) is 5.35. The van der Waals surface area contributed by atoms with Crippen LogP contribution < -0.4 is 15.6 Å². The normalized spacial score (nSPS) is 25.2. The van der Waals surface area contributed by atoms with E-state index in [-0.39, 0.29) is 52.6 Å². The lowest BCUT2D eigenvalue weighted by Gasteiger charge is -2.58. The Bertz CT molecular complexity index is 1460. The Balaban J connectivity index is 1.52. The summed E-state index contributed by atoms with van der Waals surface area (Å²) in [4.78, 5) is 48.3. The average Bonchev–Trinajstić information content (AvgIpc) is 3.16. The van der Waals surface area contributed by atoms with Crippen LogP contribution in [0.25, 0.3) is 16.9 Å². The predicted octanol–water partition coefficient (Wildman–Crippen LogP) is 1.83. The van der Waals surface area contributed by atoms with Gasteiger partial charge in [-0.25, -0.2) is 18.7 Å². The van der Waals surface area contributed by atoms with Crippen LogP contribution in [0.1, 0.15) is 42.5 Å². The number of anilines is 1. The lowest BCUT2D eigenvalue weighted by Crippen LogP contribution is -2.66. The lowest BCUT2D eigenvalue weighted by molar-refractivity contribution is -0.117. The molecule has 1 atom stereocenters. The fraction of sp³-hybridized carbons (Fsp3) is 0.375. The third kappa shape index (κ3) is 3.33. The van der Waals surface area contributed by atoms with E-state index in [1.54, 1.807) is 0 Å². The molecule has 0 unspecified atom stereocenters. The molecule has 1 saturated heterocycles. The molecule has 3 aliphatic rings. The summed E-state index contributed by atoms with van der Waals surface area (Å²) in [5, 5.41) is 12.8. The average molecular weight is 481 g/mol. The Morgan fingerprint density at radius 1 is 1.20 bits per heavy atom. The molecule has 2 saturated carbocycles. The molecular formula is C24H21F2N5O4. The number of nitrogens with zero attached hydrogens (tertiary/aromatic N) is 4. The van der Waals surface area contributed by atoms with E-state index < -0.39 is 29.1 Å². The van der Waals surface area contributed by atoms with Crippen LogP contribution >= 0.6 is 0 Å². The first-order valence-corrected chi connectivity index (χ1v) is 11.4. The number of rotatable bonds is 4. The fourth-order valence-electron chi connectivity index (χ4n) is 5.35. The summed E-state index contributed by atoms with van der Waals surface area (Å²) in [6.07, 6.45) is 4.81. The topological polar surface area (TPSA) is 117 Å². The van der Waals surface area contributed by atoms with Gasteiger partial charge < -0.3 is 10.4 Å². The third-order valence-corrected chi connectivity index (χ3v) is 7.50. The van der Waals surface area contributed by atoms with Crippen molar-refractivity contribution in [1.82, 2.24) is 19.9 Å². The molecule has 2 N–H and O–H groups in total. The van der Waals surface area contributed by atoms with Crippen molar-refractivity contribution in [1.29, 1.82) is 0 Å².